The van der Waals surface area contributed by atoms with Crippen LogP contribution in [-0.4, -0.2) is 18.7 Å². The molecule has 0 aliphatic heterocycles. The van der Waals surface area contributed by atoms with Crippen molar-refractivity contribution in [2.24, 2.45) is 11.5 Å². The van der Waals surface area contributed by atoms with E-state index >= 15 is 0 Å². The summed E-state index contributed by atoms with van der Waals surface area (Å²) in [6.07, 6.45) is 5.98. The molecule has 0 heterocycles. The Balaban J connectivity index is 2.27. The molecule has 2 atom stereocenters. The van der Waals surface area contributed by atoms with Gasteiger partial charge < -0.3 is 16.2 Å². The van der Waals surface area contributed by atoms with E-state index in [1.54, 1.807) is 19.2 Å². The van der Waals surface area contributed by atoms with E-state index in [1.165, 1.54) is 12.1 Å². The molecule has 2 rings (SSSR count). The normalized spacial score (nSPS) is 26.9. The number of ether oxygens (including phenoxy) is 1. The van der Waals surface area contributed by atoms with Crippen LogP contribution in [0.3, 0.4) is 0 Å². The molecule has 0 aromatic heterocycles. The molecule has 4 heteroatoms. The van der Waals surface area contributed by atoms with Crippen molar-refractivity contribution in [1.82, 2.24) is 0 Å². The number of allylic oxidation sites excluding steroid dienone is 2. The van der Waals surface area contributed by atoms with Gasteiger partial charge in [-0.3, -0.25) is 0 Å². The number of hydrogen-bond acceptors (Lipinski definition) is 3. The third-order valence-corrected chi connectivity index (χ3v) is 3.25. The maximum atomic E-state index is 12.9. The smallest absolute Gasteiger partial charge is 0.123 e. The van der Waals surface area contributed by atoms with Crippen molar-refractivity contribution in [2.45, 2.75) is 18.0 Å². The van der Waals surface area contributed by atoms with Crippen LogP contribution in [0.25, 0.3) is 0 Å². The average Bonchev–Trinajstić information content (AvgIpc) is 2.36. The van der Waals surface area contributed by atoms with Gasteiger partial charge in [0, 0.05) is 6.04 Å². The summed E-state index contributed by atoms with van der Waals surface area (Å²) in [5.74, 6) is 0.377. The summed E-state index contributed by atoms with van der Waals surface area (Å²) in [5.41, 5.74) is 12.5. The molecule has 4 N–H and O–H groups in total. The van der Waals surface area contributed by atoms with Gasteiger partial charge >= 0.3 is 0 Å². The highest BCUT2D eigenvalue weighted by molar-refractivity contribution is 5.34. The first-order valence-electron chi connectivity index (χ1n) is 5.78. The molecule has 0 radical (unpaired) electrons. The Bertz CT molecular complexity index is 481. The van der Waals surface area contributed by atoms with Crippen LogP contribution in [0.1, 0.15) is 5.56 Å². The zero-order chi connectivity index (χ0) is 13.2. The van der Waals surface area contributed by atoms with Crippen LogP contribution >= 0.6 is 0 Å². The number of hydrogen-bond donors (Lipinski definition) is 2. The van der Waals surface area contributed by atoms with Gasteiger partial charge in [-0.1, -0.05) is 24.3 Å². The highest BCUT2D eigenvalue weighted by Crippen LogP contribution is 2.27. The van der Waals surface area contributed by atoms with Crippen molar-refractivity contribution >= 4 is 0 Å². The van der Waals surface area contributed by atoms with E-state index in [0.717, 1.165) is 5.56 Å². The lowest BCUT2D eigenvalue weighted by molar-refractivity contribution is 0.207. The van der Waals surface area contributed by atoms with Gasteiger partial charge in [-0.15, -0.1) is 0 Å². The fourth-order valence-electron chi connectivity index (χ4n) is 2.16. The van der Waals surface area contributed by atoms with Crippen LogP contribution in [0.2, 0.25) is 0 Å². The molecule has 1 aromatic rings. The molecular formula is C14H17FN2O. The van der Waals surface area contributed by atoms with E-state index in [0.29, 0.717) is 12.2 Å². The minimum Gasteiger partial charge on any atom is -0.499 e. The van der Waals surface area contributed by atoms with E-state index in [1.807, 2.05) is 18.2 Å². The van der Waals surface area contributed by atoms with Gasteiger partial charge in [-0.2, -0.15) is 0 Å². The first-order chi connectivity index (χ1) is 8.56. The first kappa shape index (κ1) is 12.8. The zero-order valence-corrected chi connectivity index (χ0v) is 10.3. The second-order valence-electron chi connectivity index (χ2n) is 4.49. The summed E-state index contributed by atoms with van der Waals surface area (Å²) in [6.45, 7) is 0. The summed E-state index contributed by atoms with van der Waals surface area (Å²) in [4.78, 5) is 0. The van der Waals surface area contributed by atoms with Crippen molar-refractivity contribution in [3.8, 4) is 0 Å². The lowest BCUT2D eigenvalue weighted by atomic mass is 9.80. The van der Waals surface area contributed by atoms with Gasteiger partial charge in [-0.25, -0.2) is 4.39 Å². The lowest BCUT2D eigenvalue weighted by Gasteiger charge is -2.36. The number of nitrogens with two attached hydrogens (primary N) is 2. The summed E-state index contributed by atoms with van der Waals surface area (Å²) >= 11 is 0. The third kappa shape index (κ3) is 2.30. The molecule has 1 aromatic carbocycles. The van der Waals surface area contributed by atoms with E-state index in [4.69, 9.17) is 16.2 Å². The molecule has 1 aliphatic rings. The van der Waals surface area contributed by atoms with Gasteiger partial charge in [0.2, 0.25) is 0 Å². The molecule has 18 heavy (non-hydrogen) atoms. The van der Waals surface area contributed by atoms with E-state index in [2.05, 4.69) is 0 Å². The predicted molar refractivity (Wildman–Crippen MR) is 69.2 cm³/mol. The Morgan fingerprint density at radius 2 is 2.00 bits per heavy atom. The summed E-state index contributed by atoms with van der Waals surface area (Å²) in [6, 6.07) is 5.92. The molecule has 0 bridgehead atoms. The lowest BCUT2D eigenvalue weighted by Crippen LogP contribution is -2.58. The monoisotopic (exact) mass is 248 g/mol. The zero-order valence-electron chi connectivity index (χ0n) is 10.3. The minimum atomic E-state index is -0.790. The van der Waals surface area contributed by atoms with Crippen molar-refractivity contribution in [3.63, 3.8) is 0 Å². The maximum absolute atomic E-state index is 12.9. The summed E-state index contributed by atoms with van der Waals surface area (Å²) in [7, 11) is 1.57. The van der Waals surface area contributed by atoms with E-state index in [-0.39, 0.29) is 11.9 Å². The predicted octanol–water partition coefficient (Wildman–Crippen LogP) is 1.49. The van der Waals surface area contributed by atoms with Crippen molar-refractivity contribution in [2.75, 3.05) is 7.11 Å². The average molecular weight is 248 g/mol. The SMILES string of the molecule is COC1=CC=CC(N)C1(N)Cc1ccc(F)cc1. The van der Waals surface area contributed by atoms with Gasteiger partial charge in [0.05, 0.1) is 12.6 Å². The first-order valence-corrected chi connectivity index (χ1v) is 5.78. The molecule has 1 aliphatic carbocycles. The molecule has 0 saturated carbocycles. The molecule has 2 unspecified atom stereocenters. The minimum absolute atomic E-state index is 0.264. The summed E-state index contributed by atoms with van der Waals surface area (Å²) in [5, 5.41) is 0. The van der Waals surface area contributed by atoms with Crippen molar-refractivity contribution in [3.05, 3.63) is 59.6 Å². The molecule has 3 nitrogen and oxygen atoms in total. The second-order valence-corrected chi connectivity index (χ2v) is 4.49. The van der Waals surface area contributed by atoms with Gasteiger partial charge in [0.15, 0.2) is 0 Å². The van der Waals surface area contributed by atoms with E-state index < -0.39 is 5.54 Å². The Morgan fingerprint density at radius 1 is 1.33 bits per heavy atom. The largest absolute Gasteiger partial charge is 0.499 e. The number of benzene rings is 1. The quantitative estimate of drug-likeness (QED) is 0.852. The van der Waals surface area contributed by atoms with Crippen LogP contribution in [0.5, 0.6) is 0 Å². The number of halogens is 1. The van der Waals surface area contributed by atoms with Gasteiger partial charge in [0.25, 0.3) is 0 Å². The van der Waals surface area contributed by atoms with Crippen LogP contribution in [0.4, 0.5) is 4.39 Å². The second kappa shape index (κ2) is 4.92. The highest BCUT2D eigenvalue weighted by Gasteiger charge is 2.38. The summed E-state index contributed by atoms with van der Waals surface area (Å²) < 4.78 is 18.2. The molecule has 0 fully saturated rings. The number of rotatable bonds is 3. The van der Waals surface area contributed by atoms with E-state index in [9.17, 15) is 4.39 Å². The Morgan fingerprint density at radius 3 is 2.61 bits per heavy atom. The molecular weight excluding hydrogens is 231 g/mol. The molecule has 0 amide bonds. The highest BCUT2D eigenvalue weighted by atomic mass is 19.1. The van der Waals surface area contributed by atoms with Crippen LogP contribution in [0, 0.1) is 5.82 Å². The topological polar surface area (TPSA) is 61.3 Å². The Labute approximate surface area is 106 Å². The van der Waals surface area contributed by atoms with Crippen LogP contribution in [-0.2, 0) is 11.2 Å². The Kier molecular flexibility index (Phi) is 3.50. The number of methoxy groups -OCH3 is 1. The third-order valence-electron chi connectivity index (χ3n) is 3.25. The Hall–Kier alpha value is -1.65. The maximum Gasteiger partial charge on any atom is 0.123 e. The molecule has 0 saturated heterocycles. The van der Waals surface area contributed by atoms with Crippen molar-refractivity contribution in [1.29, 1.82) is 0 Å². The molecule has 96 valence electrons. The van der Waals surface area contributed by atoms with Gasteiger partial charge in [0.1, 0.15) is 11.6 Å². The van der Waals surface area contributed by atoms with Crippen molar-refractivity contribution < 1.29 is 9.13 Å². The standard InChI is InChI=1S/C14H17FN2O/c1-18-13-4-2-3-12(16)14(13,17)9-10-5-7-11(15)8-6-10/h2-8,12H,9,16-17H2,1H3. The van der Waals surface area contributed by atoms with Gasteiger partial charge in [-0.05, 0) is 30.2 Å². The fourth-order valence-corrected chi connectivity index (χ4v) is 2.16. The fraction of sp³-hybridized carbons (Fsp3) is 0.286. The molecule has 0 spiro atoms. The van der Waals surface area contributed by atoms with Crippen LogP contribution in [0.15, 0.2) is 48.3 Å². The van der Waals surface area contributed by atoms with Crippen LogP contribution < -0.4 is 11.5 Å².